The van der Waals surface area contributed by atoms with E-state index in [1.54, 1.807) is 35.2 Å². The van der Waals surface area contributed by atoms with Crippen molar-refractivity contribution in [3.05, 3.63) is 71.3 Å². The molecule has 1 amide bonds. The second kappa shape index (κ2) is 9.78. The van der Waals surface area contributed by atoms with Crippen molar-refractivity contribution in [1.82, 2.24) is 4.90 Å². The summed E-state index contributed by atoms with van der Waals surface area (Å²) in [6.45, 7) is 1.09. The Bertz CT molecular complexity index is 881. The molecule has 1 aliphatic rings. The Hall–Kier alpha value is -3.28. The molecule has 1 heterocycles. The number of amides is 1. The molecule has 0 bridgehead atoms. The van der Waals surface area contributed by atoms with E-state index in [-0.39, 0.29) is 23.6 Å². The monoisotopic (exact) mass is 393 g/mol. The fourth-order valence-electron chi connectivity index (χ4n) is 3.23. The Morgan fingerprint density at radius 3 is 1.79 bits per heavy atom. The first-order valence-corrected chi connectivity index (χ1v) is 9.75. The highest BCUT2D eigenvalue weighted by Crippen LogP contribution is 2.12. The number of esters is 1. The third kappa shape index (κ3) is 5.38. The summed E-state index contributed by atoms with van der Waals surface area (Å²) >= 11 is 0. The summed E-state index contributed by atoms with van der Waals surface area (Å²) in [6.07, 6.45) is 4.16. The normalized spacial score (nSPS) is 14.0. The first-order valence-electron chi connectivity index (χ1n) is 9.75. The number of likely N-dealkylation sites (tertiary alicyclic amines) is 1. The van der Waals surface area contributed by atoms with Crippen LogP contribution in [-0.4, -0.2) is 48.0 Å². The molecule has 2 aromatic carbocycles. The predicted octanol–water partition coefficient (Wildman–Crippen LogP) is 3.31. The summed E-state index contributed by atoms with van der Waals surface area (Å²) in [4.78, 5) is 50.7. The first kappa shape index (κ1) is 20.5. The average molecular weight is 393 g/mol. The number of carbonyl (C=O) groups excluding carboxylic acids is 4. The molecule has 1 saturated heterocycles. The lowest BCUT2D eigenvalue weighted by Crippen LogP contribution is -2.35. The highest BCUT2D eigenvalue weighted by atomic mass is 16.5. The Kier molecular flexibility index (Phi) is 6.89. The molecule has 3 rings (SSSR count). The van der Waals surface area contributed by atoms with Crippen molar-refractivity contribution >= 4 is 23.4 Å². The number of hydrogen-bond acceptors (Lipinski definition) is 5. The summed E-state index contributed by atoms with van der Waals surface area (Å²) in [5, 5.41) is 0. The molecule has 0 aromatic heterocycles. The summed E-state index contributed by atoms with van der Waals surface area (Å²) in [5.41, 5.74) is 0.724. The molecule has 0 spiro atoms. The topological polar surface area (TPSA) is 80.8 Å². The lowest BCUT2D eigenvalue weighted by molar-refractivity contribution is -0.134. The van der Waals surface area contributed by atoms with Crippen LogP contribution < -0.4 is 0 Å². The number of hydrogen-bond donors (Lipinski definition) is 0. The Labute approximate surface area is 169 Å². The molecule has 0 saturated carbocycles. The van der Waals surface area contributed by atoms with Gasteiger partial charge in [0, 0.05) is 24.2 Å². The molecule has 0 aliphatic carbocycles. The van der Waals surface area contributed by atoms with E-state index >= 15 is 0 Å². The van der Waals surface area contributed by atoms with E-state index in [2.05, 4.69) is 0 Å². The molecule has 150 valence electrons. The van der Waals surface area contributed by atoms with E-state index < -0.39 is 17.5 Å². The van der Waals surface area contributed by atoms with Gasteiger partial charge in [0.15, 0.2) is 6.61 Å². The average Bonchev–Trinajstić information content (AvgIpc) is 3.06. The van der Waals surface area contributed by atoms with Crippen LogP contribution in [0, 0.1) is 0 Å². The van der Waals surface area contributed by atoms with E-state index in [0.29, 0.717) is 18.7 Å². The highest BCUT2D eigenvalue weighted by molar-refractivity contribution is 6.49. The number of rotatable bonds is 6. The van der Waals surface area contributed by atoms with Crippen LogP contribution in [0.5, 0.6) is 0 Å². The van der Waals surface area contributed by atoms with E-state index in [9.17, 15) is 19.2 Å². The molecule has 2 aromatic rings. The van der Waals surface area contributed by atoms with Crippen molar-refractivity contribution in [1.29, 1.82) is 0 Å². The van der Waals surface area contributed by atoms with E-state index in [4.69, 9.17) is 4.74 Å². The van der Waals surface area contributed by atoms with Gasteiger partial charge in [-0.3, -0.25) is 14.4 Å². The van der Waals surface area contributed by atoms with Crippen LogP contribution in [0.1, 0.15) is 56.8 Å². The van der Waals surface area contributed by atoms with Crippen LogP contribution >= 0.6 is 0 Å². The zero-order valence-corrected chi connectivity index (χ0v) is 16.1. The number of benzene rings is 2. The predicted molar refractivity (Wildman–Crippen MR) is 107 cm³/mol. The molecule has 1 fully saturated rings. The minimum absolute atomic E-state index is 0.191. The molecule has 0 N–H and O–H groups in total. The number of Topliss-reactive ketones (excluding diaryl/α,β-unsaturated/α-hetero) is 2. The van der Waals surface area contributed by atoms with Crippen molar-refractivity contribution in [2.24, 2.45) is 0 Å². The largest absolute Gasteiger partial charge is 0.452 e. The molecule has 6 heteroatoms. The van der Waals surface area contributed by atoms with Gasteiger partial charge in [-0.05, 0) is 25.0 Å². The second-order valence-electron chi connectivity index (χ2n) is 6.97. The van der Waals surface area contributed by atoms with Crippen molar-refractivity contribution in [3.8, 4) is 0 Å². The molecule has 29 heavy (non-hydrogen) atoms. The first-order chi connectivity index (χ1) is 14.1. The van der Waals surface area contributed by atoms with Crippen LogP contribution in [-0.2, 0) is 9.53 Å². The third-order valence-corrected chi connectivity index (χ3v) is 4.91. The number of nitrogens with zero attached hydrogens (tertiary/aromatic N) is 1. The zero-order chi connectivity index (χ0) is 20.6. The van der Waals surface area contributed by atoms with Crippen molar-refractivity contribution in [3.63, 3.8) is 0 Å². The molecule has 0 atom stereocenters. The molecule has 0 unspecified atom stereocenters. The van der Waals surface area contributed by atoms with Gasteiger partial charge in [0.1, 0.15) is 0 Å². The van der Waals surface area contributed by atoms with Gasteiger partial charge in [0.2, 0.25) is 11.6 Å². The second-order valence-corrected chi connectivity index (χ2v) is 6.97. The van der Waals surface area contributed by atoms with Crippen LogP contribution in [0.25, 0.3) is 0 Å². The van der Waals surface area contributed by atoms with Crippen LogP contribution in [0.15, 0.2) is 54.6 Å². The van der Waals surface area contributed by atoms with Crippen molar-refractivity contribution in [2.45, 2.75) is 25.7 Å². The lowest BCUT2D eigenvalue weighted by atomic mass is 10.0. The minimum Gasteiger partial charge on any atom is -0.452 e. The Morgan fingerprint density at radius 2 is 1.21 bits per heavy atom. The number of carbonyl (C=O) groups is 4. The molecular formula is C23H23NO5. The summed E-state index contributed by atoms with van der Waals surface area (Å²) < 4.78 is 5.12. The standard InChI is InChI=1S/C23H23NO5/c25-20(24-14-6-1-2-7-15-24)16-29-23(28)19-12-10-18(11-13-19)22(27)21(26)17-8-4-3-5-9-17/h3-5,8-13H,1-2,6-7,14-16H2. The summed E-state index contributed by atoms with van der Waals surface area (Å²) in [6, 6.07) is 14.0. The Balaban J connectivity index is 1.56. The number of ketones is 2. The maximum absolute atomic E-state index is 12.3. The quantitative estimate of drug-likeness (QED) is 0.427. The van der Waals surface area contributed by atoms with Gasteiger partial charge in [-0.15, -0.1) is 0 Å². The fourth-order valence-corrected chi connectivity index (χ4v) is 3.23. The van der Waals surface area contributed by atoms with Crippen molar-refractivity contribution < 1.29 is 23.9 Å². The Morgan fingerprint density at radius 1 is 0.690 bits per heavy atom. The molecular weight excluding hydrogens is 370 g/mol. The van der Waals surface area contributed by atoms with Gasteiger partial charge in [-0.25, -0.2) is 4.79 Å². The van der Waals surface area contributed by atoms with E-state index in [0.717, 1.165) is 25.7 Å². The van der Waals surface area contributed by atoms with Crippen LogP contribution in [0.4, 0.5) is 0 Å². The highest BCUT2D eigenvalue weighted by Gasteiger charge is 2.20. The maximum Gasteiger partial charge on any atom is 0.338 e. The SMILES string of the molecule is O=C(OCC(=O)N1CCCCCC1)c1ccc(C(=O)C(=O)c2ccccc2)cc1. The number of ether oxygens (including phenoxy) is 1. The van der Waals surface area contributed by atoms with Gasteiger partial charge in [0.25, 0.3) is 5.91 Å². The van der Waals surface area contributed by atoms with Gasteiger partial charge >= 0.3 is 5.97 Å². The fraction of sp³-hybridized carbons (Fsp3) is 0.304. The minimum atomic E-state index is -0.646. The smallest absolute Gasteiger partial charge is 0.338 e. The lowest BCUT2D eigenvalue weighted by Gasteiger charge is -2.19. The van der Waals surface area contributed by atoms with Crippen LogP contribution in [0.2, 0.25) is 0 Å². The van der Waals surface area contributed by atoms with E-state index in [1.807, 2.05) is 0 Å². The third-order valence-electron chi connectivity index (χ3n) is 4.91. The van der Waals surface area contributed by atoms with Crippen LogP contribution in [0.3, 0.4) is 0 Å². The van der Waals surface area contributed by atoms with Gasteiger partial charge in [0.05, 0.1) is 5.56 Å². The molecule has 0 radical (unpaired) electrons. The summed E-state index contributed by atoms with van der Waals surface area (Å²) in [7, 11) is 0. The summed E-state index contributed by atoms with van der Waals surface area (Å²) in [5.74, 6) is -2.08. The zero-order valence-electron chi connectivity index (χ0n) is 16.1. The maximum atomic E-state index is 12.3. The molecule has 1 aliphatic heterocycles. The molecule has 6 nitrogen and oxygen atoms in total. The van der Waals surface area contributed by atoms with Gasteiger partial charge < -0.3 is 9.64 Å². The van der Waals surface area contributed by atoms with E-state index in [1.165, 1.54) is 24.3 Å². The van der Waals surface area contributed by atoms with Crippen molar-refractivity contribution in [2.75, 3.05) is 19.7 Å². The van der Waals surface area contributed by atoms with Gasteiger partial charge in [-0.1, -0.05) is 55.3 Å². The van der Waals surface area contributed by atoms with Gasteiger partial charge in [-0.2, -0.15) is 0 Å².